The quantitative estimate of drug-likeness (QED) is 0.280. The summed E-state index contributed by atoms with van der Waals surface area (Å²) in [6.45, 7) is 1.45. The first-order valence-electron chi connectivity index (χ1n) is 6.02. The van der Waals surface area contributed by atoms with Crippen molar-refractivity contribution in [1.82, 2.24) is 0 Å². The van der Waals surface area contributed by atoms with Crippen molar-refractivity contribution in [1.29, 1.82) is 5.53 Å². The molecule has 1 aromatic rings. The first-order chi connectivity index (χ1) is 8.90. The van der Waals surface area contributed by atoms with Crippen molar-refractivity contribution in [3.05, 3.63) is 35.9 Å². The van der Waals surface area contributed by atoms with Crippen LogP contribution in [0.4, 0.5) is 0 Å². The average molecular weight is 245 g/mol. The van der Waals surface area contributed by atoms with Gasteiger partial charge in [-0.2, -0.15) is 5.53 Å². The van der Waals surface area contributed by atoms with Crippen molar-refractivity contribution < 1.29 is 9.31 Å². The van der Waals surface area contributed by atoms with E-state index >= 15 is 0 Å². The highest BCUT2D eigenvalue weighted by molar-refractivity contribution is 5.54. The van der Waals surface area contributed by atoms with Gasteiger partial charge in [0, 0.05) is 12.8 Å². The lowest BCUT2D eigenvalue weighted by molar-refractivity contribution is -0.560. The summed E-state index contributed by atoms with van der Waals surface area (Å²) in [5.41, 5.74) is 7.88. The van der Waals surface area contributed by atoms with Crippen LogP contribution in [0.25, 0.3) is 0 Å². The monoisotopic (exact) mass is 245 g/mol. The molecular weight excluding hydrogens is 228 g/mol. The molecule has 94 valence electrons. The molecule has 2 rings (SSSR count). The van der Waals surface area contributed by atoms with Crippen LogP contribution in [-0.2, 0) is 4.74 Å². The van der Waals surface area contributed by atoms with Gasteiger partial charge in [0.2, 0.25) is 6.40 Å². The van der Waals surface area contributed by atoms with Crippen LogP contribution in [0, 0.1) is 5.53 Å². The second-order valence-electron chi connectivity index (χ2n) is 4.24. The Kier molecular flexibility index (Phi) is 4.58. The molecule has 0 aromatic heterocycles. The van der Waals surface area contributed by atoms with Gasteiger partial charge in [0.05, 0.1) is 0 Å². The molecule has 0 radical (unpaired) electrons. The van der Waals surface area contributed by atoms with Crippen molar-refractivity contribution in [2.24, 2.45) is 10.3 Å². The molecular formula is C13H17N4O+. The van der Waals surface area contributed by atoms with E-state index in [1.165, 1.54) is 12.0 Å². The molecule has 0 fully saturated rings. The van der Waals surface area contributed by atoms with Crippen molar-refractivity contribution in [3.8, 4) is 0 Å². The molecule has 0 bridgehead atoms. The minimum Gasteiger partial charge on any atom is -0.424 e. The normalized spacial score (nSPS) is 19.6. The molecule has 1 aliphatic heterocycles. The van der Waals surface area contributed by atoms with Crippen LogP contribution < -0.4 is 0 Å². The molecule has 1 aliphatic rings. The van der Waals surface area contributed by atoms with E-state index < -0.39 is 0 Å². The molecule has 0 aliphatic carbocycles. The largest absolute Gasteiger partial charge is 0.424 e. The maximum Gasteiger partial charge on any atom is 0.287 e. The van der Waals surface area contributed by atoms with Gasteiger partial charge in [0.1, 0.15) is 12.8 Å². The Labute approximate surface area is 106 Å². The van der Waals surface area contributed by atoms with Gasteiger partial charge in [-0.1, -0.05) is 30.3 Å². The maximum absolute atomic E-state index is 6.47. The number of nitrogens with zero attached hydrogens (tertiary/aromatic N) is 3. The van der Waals surface area contributed by atoms with Gasteiger partial charge in [-0.25, -0.2) is 4.58 Å². The Bertz CT molecular complexity index is 442. The maximum atomic E-state index is 6.47. The molecule has 1 aromatic carbocycles. The van der Waals surface area contributed by atoms with Gasteiger partial charge < -0.3 is 4.74 Å². The van der Waals surface area contributed by atoms with Crippen molar-refractivity contribution in [3.63, 3.8) is 0 Å². The Balaban J connectivity index is 1.84. The highest BCUT2D eigenvalue weighted by Gasteiger charge is 2.20. The zero-order chi connectivity index (χ0) is 12.6. The summed E-state index contributed by atoms with van der Waals surface area (Å²) in [4.78, 5) is 0. The third-order valence-corrected chi connectivity index (χ3v) is 3.10. The fourth-order valence-corrected chi connectivity index (χ4v) is 2.14. The van der Waals surface area contributed by atoms with E-state index in [2.05, 4.69) is 45.4 Å². The van der Waals surface area contributed by atoms with E-state index in [0.29, 0.717) is 12.6 Å². The number of nitrogens with one attached hydrogen (secondary N) is 1. The molecule has 0 saturated heterocycles. The van der Waals surface area contributed by atoms with Gasteiger partial charge >= 0.3 is 0 Å². The van der Waals surface area contributed by atoms with Crippen LogP contribution in [0.15, 0.2) is 40.7 Å². The molecule has 5 nitrogen and oxygen atoms in total. The minimum atomic E-state index is 0.473. The van der Waals surface area contributed by atoms with E-state index in [1.54, 1.807) is 0 Å². The summed E-state index contributed by atoms with van der Waals surface area (Å²) in [6.07, 6.45) is 5.54. The molecule has 18 heavy (non-hydrogen) atoms. The lowest BCUT2D eigenvalue weighted by Crippen LogP contribution is -2.25. The van der Waals surface area contributed by atoms with E-state index in [1.807, 2.05) is 6.07 Å². The molecule has 0 amide bonds. The van der Waals surface area contributed by atoms with Crippen LogP contribution >= 0.6 is 0 Å². The van der Waals surface area contributed by atoms with Gasteiger partial charge in [-0.15, -0.1) is 5.10 Å². The predicted octanol–water partition coefficient (Wildman–Crippen LogP) is 2.60. The first kappa shape index (κ1) is 12.4. The summed E-state index contributed by atoms with van der Waals surface area (Å²) in [7, 11) is 0. The second-order valence-corrected chi connectivity index (χ2v) is 4.24. The van der Waals surface area contributed by atoms with E-state index in [0.717, 1.165) is 19.4 Å². The van der Waals surface area contributed by atoms with E-state index in [-0.39, 0.29) is 0 Å². The third kappa shape index (κ3) is 3.48. The summed E-state index contributed by atoms with van der Waals surface area (Å²) in [5.74, 6) is 0.611. The molecule has 0 saturated carbocycles. The zero-order valence-corrected chi connectivity index (χ0v) is 10.2. The van der Waals surface area contributed by atoms with Crippen LogP contribution in [0.2, 0.25) is 0 Å². The van der Waals surface area contributed by atoms with Gasteiger partial charge in [-0.3, -0.25) is 0 Å². The van der Waals surface area contributed by atoms with E-state index in [9.17, 15) is 0 Å². The lowest BCUT2D eigenvalue weighted by Gasteiger charge is -2.18. The standard InChI is InChI=1S/C13H17N4O/c14-16-15-10-18-11-17-8-6-13(7-9-17)12-4-2-1-3-5-12/h1-5,8,10,13-14H,6-7,9,11H2/q+1/b15-10+,16-14?. The summed E-state index contributed by atoms with van der Waals surface area (Å²) in [6, 6.07) is 10.6. The van der Waals surface area contributed by atoms with Crippen LogP contribution in [0.5, 0.6) is 0 Å². The SMILES string of the molecule is N=N/N=C/OC[N+]1=CCC(c2ccccc2)CC1. The molecule has 1 unspecified atom stereocenters. The number of hydrogen-bond acceptors (Lipinski definition) is 3. The Morgan fingerprint density at radius 3 is 2.89 bits per heavy atom. The number of hydrogen-bond donors (Lipinski definition) is 1. The number of ether oxygens (including phenoxy) is 1. The van der Waals surface area contributed by atoms with Gasteiger partial charge in [0.15, 0.2) is 0 Å². The lowest BCUT2D eigenvalue weighted by atomic mass is 9.91. The molecule has 1 N–H and O–H groups in total. The minimum absolute atomic E-state index is 0.473. The number of rotatable bonds is 5. The summed E-state index contributed by atoms with van der Waals surface area (Å²) in [5, 5.41) is 6.16. The molecule has 1 atom stereocenters. The third-order valence-electron chi connectivity index (χ3n) is 3.10. The van der Waals surface area contributed by atoms with Crippen LogP contribution in [-0.4, -0.2) is 30.5 Å². The van der Waals surface area contributed by atoms with E-state index in [4.69, 9.17) is 10.3 Å². The number of benzene rings is 1. The second kappa shape index (κ2) is 6.64. The zero-order valence-electron chi connectivity index (χ0n) is 10.2. The highest BCUT2D eigenvalue weighted by atomic mass is 16.5. The Morgan fingerprint density at radius 2 is 2.22 bits per heavy atom. The smallest absolute Gasteiger partial charge is 0.287 e. The van der Waals surface area contributed by atoms with Crippen LogP contribution in [0.3, 0.4) is 0 Å². The van der Waals surface area contributed by atoms with Gasteiger partial charge in [0.25, 0.3) is 6.73 Å². The fraction of sp³-hybridized carbons (Fsp3) is 0.385. The molecule has 5 heteroatoms. The molecule has 1 heterocycles. The Hall–Kier alpha value is -2.04. The van der Waals surface area contributed by atoms with Crippen molar-refractivity contribution >= 4 is 12.6 Å². The summed E-state index contributed by atoms with van der Waals surface area (Å²) < 4.78 is 7.26. The topological polar surface area (TPSA) is 60.8 Å². The highest BCUT2D eigenvalue weighted by Crippen LogP contribution is 2.24. The Morgan fingerprint density at radius 1 is 1.39 bits per heavy atom. The first-order valence-corrected chi connectivity index (χ1v) is 6.02. The van der Waals surface area contributed by atoms with Crippen LogP contribution in [0.1, 0.15) is 24.3 Å². The van der Waals surface area contributed by atoms with Gasteiger partial charge in [-0.05, 0) is 16.7 Å². The summed E-state index contributed by atoms with van der Waals surface area (Å²) >= 11 is 0. The van der Waals surface area contributed by atoms with Crippen molar-refractivity contribution in [2.45, 2.75) is 18.8 Å². The fourth-order valence-electron chi connectivity index (χ4n) is 2.14. The molecule has 0 spiro atoms. The van der Waals surface area contributed by atoms with Crippen molar-refractivity contribution in [2.75, 3.05) is 13.3 Å². The average Bonchev–Trinajstić information content (AvgIpc) is 2.45. The predicted molar refractivity (Wildman–Crippen MR) is 69.2 cm³/mol.